The Bertz CT molecular complexity index is 590. The number of carbonyl (C=O) groups is 1. The van der Waals surface area contributed by atoms with Gasteiger partial charge in [-0.15, -0.1) is 11.6 Å². The Morgan fingerprint density at radius 2 is 2.18 bits per heavy atom. The number of carbonyl (C=O) groups excluding carboxylic acids is 1. The highest BCUT2D eigenvalue weighted by molar-refractivity contribution is 7.13. The van der Waals surface area contributed by atoms with E-state index in [-0.39, 0.29) is 18.0 Å². The fourth-order valence-corrected chi connectivity index (χ4v) is 2.50. The van der Waals surface area contributed by atoms with Crippen LogP contribution in [0.25, 0.3) is 10.1 Å². The van der Waals surface area contributed by atoms with Crippen molar-refractivity contribution in [1.82, 2.24) is 3.96 Å². The van der Waals surface area contributed by atoms with Crippen LogP contribution in [-0.4, -0.2) is 22.4 Å². The molecule has 0 saturated heterocycles. The second-order valence-electron chi connectivity index (χ2n) is 3.35. The summed E-state index contributed by atoms with van der Waals surface area (Å²) in [5, 5.41) is 0.696. The zero-order valence-corrected chi connectivity index (χ0v) is 10.5. The van der Waals surface area contributed by atoms with Crippen molar-refractivity contribution < 1.29 is 9.53 Å². The largest absolute Gasteiger partial charge is 0.463 e. The first kappa shape index (κ1) is 12.1. The lowest BCUT2D eigenvalue weighted by Gasteiger charge is -2.01. The molecule has 0 atom stereocenters. The average molecular weight is 272 g/mol. The normalized spacial score (nSPS) is 10.6. The highest BCUT2D eigenvalue weighted by atomic mass is 35.5. The maximum absolute atomic E-state index is 11.9. The summed E-state index contributed by atoms with van der Waals surface area (Å²) in [6.45, 7) is 0.527. The topological polar surface area (TPSA) is 48.3 Å². The molecule has 0 unspecified atom stereocenters. The van der Waals surface area contributed by atoms with Crippen LogP contribution in [0.1, 0.15) is 0 Å². The summed E-state index contributed by atoms with van der Waals surface area (Å²) in [6.07, 6.45) is 0. The number of rotatable bonds is 4. The molecule has 6 heteroatoms. The SMILES string of the molecule is O=C(CCl)OCCn1sc2ccccc2c1=O. The molecule has 0 fully saturated rings. The number of benzene rings is 1. The molecule has 0 spiro atoms. The first-order valence-corrected chi connectivity index (χ1v) is 6.33. The standard InChI is InChI=1S/C11H10ClNO3S/c12-7-10(14)16-6-5-13-11(15)8-3-1-2-4-9(8)17-13/h1-4H,5-7H2. The molecule has 17 heavy (non-hydrogen) atoms. The summed E-state index contributed by atoms with van der Waals surface area (Å²) >= 11 is 6.65. The second-order valence-corrected chi connectivity index (χ2v) is 4.68. The van der Waals surface area contributed by atoms with Gasteiger partial charge in [0.2, 0.25) is 0 Å². The van der Waals surface area contributed by atoms with Gasteiger partial charge >= 0.3 is 5.97 Å². The highest BCUT2D eigenvalue weighted by Gasteiger charge is 2.07. The van der Waals surface area contributed by atoms with E-state index in [1.807, 2.05) is 18.2 Å². The minimum absolute atomic E-state index is 0.0486. The van der Waals surface area contributed by atoms with E-state index in [0.29, 0.717) is 11.9 Å². The first-order chi connectivity index (χ1) is 8.22. The molecule has 1 aromatic heterocycles. The zero-order chi connectivity index (χ0) is 12.3. The van der Waals surface area contributed by atoms with Crippen LogP contribution in [0.3, 0.4) is 0 Å². The molecule has 1 aromatic carbocycles. The average Bonchev–Trinajstić information content (AvgIpc) is 2.67. The van der Waals surface area contributed by atoms with Gasteiger partial charge in [0.25, 0.3) is 5.56 Å². The Balaban J connectivity index is 2.11. The molecule has 90 valence electrons. The van der Waals surface area contributed by atoms with Gasteiger partial charge in [0.15, 0.2) is 0 Å². The summed E-state index contributed by atoms with van der Waals surface area (Å²) in [4.78, 5) is 22.7. The van der Waals surface area contributed by atoms with E-state index in [2.05, 4.69) is 0 Å². The van der Waals surface area contributed by atoms with Crippen LogP contribution in [0, 0.1) is 0 Å². The monoisotopic (exact) mass is 271 g/mol. The summed E-state index contributed by atoms with van der Waals surface area (Å²) < 4.78 is 7.33. The zero-order valence-electron chi connectivity index (χ0n) is 8.89. The number of halogens is 1. The summed E-state index contributed by atoms with van der Waals surface area (Å²) in [5.41, 5.74) is -0.0486. The van der Waals surface area contributed by atoms with Gasteiger partial charge in [0.1, 0.15) is 12.5 Å². The number of alkyl halides is 1. The summed E-state index contributed by atoms with van der Waals surface area (Å²) in [7, 11) is 0. The third kappa shape index (κ3) is 2.68. The van der Waals surface area contributed by atoms with Crippen LogP contribution >= 0.6 is 23.1 Å². The Morgan fingerprint density at radius 1 is 1.41 bits per heavy atom. The van der Waals surface area contributed by atoms with Crippen molar-refractivity contribution in [2.75, 3.05) is 12.5 Å². The fraction of sp³-hybridized carbons (Fsp3) is 0.273. The van der Waals surface area contributed by atoms with Gasteiger partial charge in [-0.1, -0.05) is 23.7 Å². The molecule has 0 aliphatic rings. The molecule has 0 radical (unpaired) electrons. The van der Waals surface area contributed by atoms with Crippen LogP contribution in [0.4, 0.5) is 0 Å². The van der Waals surface area contributed by atoms with Crippen LogP contribution in [0.2, 0.25) is 0 Å². The lowest BCUT2D eigenvalue weighted by atomic mass is 10.3. The number of esters is 1. The molecule has 0 amide bonds. The van der Waals surface area contributed by atoms with Crippen molar-refractivity contribution in [2.45, 2.75) is 6.54 Å². The minimum Gasteiger partial charge on any atom is -0.463 e. The van der Waals surface area contributed by atoms with Crippen molar-refractivity contribution in [3.63, 3.8) is 0 Å². The Labute approximate surface area is 107 Å². The van der Waals surface area contributed by atoms with Gasteiger partial charge < -0.3 is 4.74 Å². The van der Waals surface area contributed by atoms with Gasteiger partial charge in [0, 0.05) is 0 Å². The quantitative estimate of drug-likeness (QED) is 0.630. The van der Waals surface area contributed by atoms with E-state index < -0.39 is 5.97 Å². The predicted octanol–water partition coefficient (Wildman–Crippen LogP) is 1.85. The summed E-state index contributed by atoms with van der Waals surface area (Å²) in [6, 6.07) is 7.39. The van der Waals surface area contributed by atoms with Crippen molar-refractivity contribution in [2.24, 2.45) is 0 Å². The molecule has 0 N–H and O–H groups in total. The molecular weight excluding hydrogens is 262 g/mol. The maximum Gasteiger partial charge on any atom is 0.320 e. The molecule has 1 heterocycles. The van der Waals surface area contributed by atoms with Gasteiger partial charge in [0.05, 0.1) is 16.6 Å². The van der Waals surface area contributed by atoms with Crippen LogP contribution < -0.4 is 5.56 Å². The molecule has 0 saturated carbocycles. The van der Waals surface area contributed by atoms with Crippen molar-refractivity contribution >= 4 is 39.2 Å². The van der Waals surface area contributed by atoms with Crippen molar-refractivity contribution in [3.05, 3.63) is 34.6 Å². The number of hydrogen-bond acceptors (Lipinski definition) is 4. The molecule has 2 rings (SSSR count). The predicted molar refractivity (Wildman–Crippen MR) is 67.8 cm³/mol. The molecular formula is C11H10ClNO3S. The third-order valence-electron chi connectivity index (χ3n) is 2.22. The van der Waals surface area contributed by atoms with E-state index in [1.54, 1.807) is 10.0 Å². The number of ether oxygens (including phenoxy) is 1. The van der Waals surface area contributed by atoms with E-state index in [4.69, 9.17) is 16.3 Å². The van der Waals surface area contributed by atoms with E-state index >= 15 is 0 Å². The van der Waals surface area contributed by atoms with Gasteiger partial charge in [-0.2, -0.15) is 0 Å². The van der Waals surface area contributed by atoms with Crippen LogP contribution in [0.15, 0.2) is 29.1 Å². The number of nitrogens with zero attached hydrogens (tertiary/aromatic N) is 1. The molecule has 0 bridgehead atoms. The molecule has 4 nitrogen and oxygen atoms in total. The minimum atomic E-state index is -0.471. The van der Waals surface area contributed by atoms with Crippen LogP contribution in [0.5, 0.6) is 0 Å². The Kier molecular flexibility index (Phi) is 3.81. The molecule has 2 aromatic rings. The molecule has 0 aliphatic carbocycles. The third-order valence-corrected chi connectivity index (χ3v) is 3.56. The summed E-state index contributed by atoms with van der Waals surface area (Å²) in [5.74, 6) is -0.637. The second kappa shape index (κ2) is 5.33. The van der Waals surface area contributed by atoms with Crippen LogP contribution in [-0.2, 0) is 16.1 Å². The number of hydrogen-bond donors (Lipinski definition) is 0. The van der Waals surface area contributed by atoms with E-state index in [1.165, 1.54) is 11.5 Å². The Hall–Kier alpha value is -1.33. The number of aromatic nitrogens is 1. The lowest BCUT2D eigenvalue weighted by molar-refractivity contribution is -0.140. The molecule has 0 aliphatic heterocycles. The lowest BCUT2D eigenvalue weighted by Crippen LogP contribution is -2.18. The van der Waals surface area contributed by atoms with Gasteiger partial charge in [-0.3, -0.25) is 13.5 Å². The van der Waals surface area contributed by atoms with E-state index in [9.17, 15) is 9.59 Å². The first-order valence-electron chi connectivity index (χ1n) is 5.03. The maximum atomic E-state index is 11.9. The smallest absolute Gasteiger partial charge is 0.320 e. The van der Waals surface area contributed by atoms with Crippen molar-refractivity contribution in [3.8, 4) is 0 Å². The van der Waals surface area contributed by atoms with Gasteiger partial charge in [-0.05, 0) is 12.1 Å². The Morgan fingerprint density at radius 3 is 2.88 bits per heavy atom. The fourth-order valence-electron chi connectivity index (χ4n) is 1.45. The van der Waals surface area contributed by atoms with E-state index in [0.717, 1.165) is 4.70 Å². The van der Waals surface area contributed by atoms with Gasteiger partial charge in [-0.25, -0.2) is 0 Å². The van der Waals surface area contributed by atoms with Crippen molar-refractivity contribution in [1.29, 1.82) is 0 Å². The number of fused-ring (bicyclic) bond motifs is 1. The highest BCUT2D eigenvalue weighted by Crippen LogP contribution is 2.15.